The number of hydrogen-bond donors (Lipinski definition) is 1. The van der Waals surface area contributed by atoms with Gasteiger partial charge in [-0.1, -0.05) is 53.7 Å². The third kappa shape index (κ3) is 5.78. The fraction of sp³-hybridized carbons (Fsp3) is 0.667. The van der Waals surface area contributed by atoms with Crippen LogP contribution in [0.2, 0.25) is 16.6 Å². The molecule has 27 heavy (non-hydrogen) atoms. The molecule has 0 aliphatic carbocycles. The Morgan fingerprint density at radius 3 is 1.96 bits per heavy atom. The number of rotatable bonds is 10. The van der Waals surface area contributed by atoms with Crippen molar-refractivity contribution >= 4 is 14.2 Å². The number of methoxy groups -OCH3 is 1. The van der Waals surface area contributed by atoms with Crippen molar-refractivity contribution in [3.05, 3.63) is 29.8 Å². The predicted molar refractivity (Wildman–Crippen MR) is 111 cm³/mol. The summed E-state index contributed by atoms with van der Waals surface area (Å²) in [5, 5.41) is 2.68. The summed E-state index contributed by atoms with van der Waals surface area (Å²) in [5.74, 6) is 0.101. The number of carbonyl (C=O) groups is 1. The average Bonchev–Trinajstić information content (AvgIpc) is 2.59. The Morgan fingerprint density at radius 2 is 1.56 bits per heavy atom. The lowest BCUT2D eigenvalue weighted by atomic mass is 10.1. The van der Waals surface area contributed by atoms with Crippen molar-refractivity contribution in [3.8, 4) is 5.75 Å². The molecule has 1 aromatic carbocycles. The summed E-state index contributed by atoms with van der Waals surface area (Å²) < 4.78 is 26.5. The lowest BCUT2D eigenvalue weighted by Crippen LogP contribution is -2.53. The van der Waals surface area contributed by atoms with Crippen LogP contribution in [0.1, 0.15) is 54.0 Å². The van der Waals surface area contributed by atoms with Gasteiger partial charge in [-0.25, -0.2) is 4.39 Å². The van der Waals surface area contributed by atoms with E-state index in [9.17, 15) is 4.79 Å². The minimum atomic E-state index is -2.21. The summed E-state index contributed by atoms with van der Waals surface area (Å²) in [7, 11) is -0.617. The Morgan fingerprint density at radius 1 is 1.07 bits per heavy atom. The number of amides is 1. The van der Waals surface area contributed by atoms with Gasteiger partial charge in [-0.05, 0) is 41.2 Å². The number of ether oxygens (including phenoxy) is 1. The van der Waals surface area contributed by atoms with Crippen LogP contribution >= 0.6 is 0 Å². The molecule has 1 N–H and O–H groups in total. The van der Waals surface area contributed by atoms with Gasteiger partial charge in [0.15, 0.2) is 0 Å². The standard InChI is InChI=1S/C21H36FNO3Si/c1-15(2)27(16(3)4,17(5)6)26-14-21(7,22)20(24)23-13-18-9-11-19(25-8)12-10-18/h9-12,15-17H,13-14H2,1-8H3,(H,23,24)/t21-/m1/s1. The molecule has 0 aromatic heterocycles. The second-order valence-electron chi connectivity index (χ2n) is 8.33. The zero-order valence-corrected chi connectivity index (χ0v) is 19.1. The summed E-state index contributed by atoms with van der Waals surface area (Å²) in [6, 6.07) is 7.32. The first-order valence-corrected chi connectivity index (χ1v) is 11.9. The molecule has 0 aliphatic rings. The van der Waals surface area contributed by atoms with E-state index in [0.717, 1.165) is 11.3 Å². The molecule has 0 spiro atoms. The second-order valence-corrected chi connectivity index (χ2v) is 13.8. The van der Waals surface area contributed by atoms with Crippen LogP contribution in [0.25, 0.3) is 0 Å². The van der Waals surface area contributed by atoms with Crippen LogP contribution in [0, 0.1) is 0 Å². The minimum absolute atomic E-state index is 0.206. The van der Waals surface area contributed by atoms with Gasteiger partial charge < -0.3 is 14.5 Å². The SMILES string of the molecule is COc1ccc(CNC(=O)[C@](C)(F)CO[Si](C(C)C)(C(C)C)C(C)C)cc1. The lowest BCUT2D eigenvalue weighted by molar-refractivity contribution is -0.134. The van der Waals surface area contributed by atoms with Gasteiger partial charge in [0.25, 0.3) is 5.91 Å². The molecule has 0 saturated carbocycles. The normalized spacial score (nSPS) is 14.5. The molecule has 0 bridgehead atoms. The third-order valence-electron chi connectivity index (χ3n) is 5.39. The Hall–Kier alpha value is -1.40. The first-order chi connectivity index (χ1) is 12.5. The average molecular weight is 398 g/mol. The molecular formula is C21H36FNO3Si. The van der Waals surface area contributed by atoms with Crippen LogP contribution in [-0.2, 0) is 15.8 Å². The number of halogens is 1. The van der Waals surface area contributed by atoms with E-state index in [4.69, 9.17) is 9.16 Å². The highest BCUT2D eigenvalue weighted by Crippen LogP contribution is 2.42. The van der Waals surface area contributed by atoms with Crippen LogP contribution in [0.5, 0.6) is 5.75 Å². The quantitative estimate of drug-likeness (QED) is 0.550. The summed E-state index contributed by atoms with van der Waals surface area (Å²) in [6.07, 6.45) is 0. The number of benzene rings is 1. The Labute approximate surface area is 165 Å². The molecule has 0 fully saturated rings. The van der Waals surface area contributed by atoms with Gasteiger partial charge in [-0.3, -0.25) is 4.79 Å². The zero-order chi connectivity index (χ0) is 20.8. The number of carbonyl (C=O) groups excluding carboxylic acids is 1. The van der Waals surface area contributed by atoms with E-state index < -0.39 is 19.9 Å². The van der Waals surface area contributed by atoms with Gasteiger partial charge in [0.1, 0.15) is 5.75 Å². The Kier molecular flexibility index (Phi) is 8.48. The summed E-state index contributed by atoms with van der Waals surface area (Å²) >= 11 is 0. The van der Waals surface area contributed by atoms with Gasteiger partial charge in [-0.15, -0.1) is 0 Å². The maximum absolute atomic E-state index is 15.1. The highest BCUT2D eigenvalue weighted by Gasteiger charge is 2.47. The first kappa shape index (κ1) is 23.6. The van der Waals surface area contributed by atoms with Crippen molar-refractivity contribution in [1.82, 2.24) is 5.32 Å². The van der Waals surface area contributed by atoms with Gasteiger partial charge in [0.2, 0.25) is 14.0 Å². The van der Waals surface area contributed by atoms with Crippen molar-refractivity contribution in [1.29, 1.82) is 0 Å². The number of nitrogens with one attached hydrogen (secondary N) is 1. The van der Waals surface area contributed by atoms with E-state index >= 15 is 4.39 Å². The Balaban J connectivity index is 2.75. The van der Waals surface area contributed by atoms with Crippen LogP contribution in [-0.4, -0.2) is 33.6 Å². The summed E-state index contributed by atoms with van der Waals surface area (Å²) in [4.78, 5) is 12.4. The molecule has 1 aromatic rings. The smallest absolute Gasteiger partial charge is 0.260 e. The zero-order valence-electron chi connectivity index (χ0n) is 18.1. The first-order valence-electron chi connectivity index (χ1n) is 9.71. The van der Waals surface area contributed by atoms with E-state index in [1.54, 1.807) is 7.11 Å². The Bertz CT molecular complexity index is 578. The van der Waals surface area contributed by atoms with Crippen molar-refractivity contribution in [2.45, 2.75) is 77.3 Å². The summed E-state index contributed by atoms with van der Waals surface area (Å²) in [5.41, 5.74) is -0.151. The van der Waals surface area contributed by atoms with E-state index in [-0.39, 0.29) is 13.2 Å². The van der Waals surface area contributed by atoms with E-state index in [1.807, 2.05) is 24.3 Å². The molecule has 0 saturated heterocycles. The second kappa shape index (κ2) is 9.69. The van der Waals surface area contributed by atoms with E-state index in [2.05, 4.69) is 46.9 Å². The van der Waals surface area contributed by atoms with Crippen LogP contribution < -0.4 is 10.1 Å². The van der Waals surface area contributed by atoms with Crippen molar-refractivity contribution in [2.75, 3.05) is 13.7 Å². The minimum Gasteiger partial charge on any atom is -0.497 e. The van der Waals surface area contributed by atoms with Gasteiger partial charge in [-0.2, -0.15) is 0 Å². The molecule has 1 rings (SSSR count). The fourth-order valence-corrected chi connectivity index (χ4v) is 9.46. The molecular weight excluding hydrogens is 361 g/mol. The van der Waals surface area contributed by atoms with E-state index in [1.165, 1.54) is 6.92 Å². The molecule has 0 heterocycles. The molecule has 4 nitrogen and oxygen atoms in total. The van der Waals surface area contributed by atoms with Crippen molar-refractivity contribution < 1.29 is 18.3 Å². The molecule has 0 radical (unpaired) electrons. The van der Waals surface area contributed by atoms with Crippen LogP contribution in [0.4, 0.5) is 4.39 Å². The number of alkyl halides is 1. The van der Waals surface area contributed by atoms with Gasteiger partial charge in [0, 0.05) is 6.54 Å². The maximum atomic E-state index is 15.1. The molecule has 0 unspecified atom stereocenters. The van der Waals surface area contributed by atoms with Gasteiger partial charge in [0.05, 0.1) is 13.7 Å². The maximum Gasteiger partial charge on any atom is 0.260 e. The monoisotopic (exact) mass is 397 g/mol. The highest BCUT2D eigenvalue weighted by atomic mass is 28.4. The lowest BCUT2D eigenvalue weighted by Gasteiger charge is -2.43. The number of hydrogen-bond acceptors (Lipinski definition) is 3. The molecule has 0 aliphatic heterocycles. The highest BCUT2D eigenvalue weighted by molar-refractivity contribution is 6.77. The molecule has 6 heteroatoms. The predicted octanol–water partition coefficient (Wildman–Crippen LogP) is 5.23. The topological polar surface area (TPSA) is 47.6 Å². The van der Waals surface area contributed by atoms with E-state index in [0.29, 0.717) is 16.6 Å². The summed E-state index contributed by atoms with van der Waals surface area (Å²) in [6.45, 7) is 14.2. The molecule has 1 atom stereocenters. The largest absolute Gasteiger partial charge is 0.497 e. The van der Waals surface area contributed by atoms with Crippen molar-refractivity contribution in [2.24, 2.45) is 0 Å². The molecule has 1 amide bonds. The third-order valence-corrected chi connectivity index (χ3v) is 11.4. The fourth-order valence-electron chi connectivity index (χ4n) is 3.94. The van der Waals surface area contributed by atoms with Gasteiger partial charge >= 0.3 is 0 Å². The van der Waals surface area contributed by atoms with Crippen LogP contribution in [0.3, 0.4) is 0 Å². The van der Waals surface area contributed by atoms with Crippen LogP contribution in [0.15, 0.2) is 24.3 Å². The van der Waals surface area contributed by atoms with Crippen molar-refractivity contribution in [3.63, 3.8) is 0 Å². The molecule has 154 valence electrons.